The molecular formula is C26H39NO2. The van der Waals surface area contributed by atoms with E-state index in [2.05, 4.69) is 19.9 Å². The molecule has 4 saturated carbocycles. The molecule has 4 aliphatic carbocycles. The molecule has 0 aromatic heterocycles. The molecule has 1 heterocycles. The van der Waals surface area contributed by atoms with Gasteiger partial charge in [-0.3, -0.25) is 0 Å². The van der Waals surface area contributed by atoms with Crippen LogP contribution in [0.5, 0.6) is 0 Å². The topological polar surface area (TPSA) is 42.2 Å². The van der Waals surface area contributed by atoms with Crippen LogP contribution in [0, 0.1) is 45.8 Å². The van der Waals surface area contributed by atoms with Gasteiger partial charge in [0, 0.05) is 12.7 Å². The molecule has 0 spiro atoms. The molecule has 1 aliphatic heterocycles. The van der Waals surface area contributed by atoms with Crippen LogP contribution in [0.2, 0.25) is 0 Å². The van der Waals surface area contributed by atoms with Gasteiger partial charge < -0.3 is 9.47 Å². The quantitative estimate of drug-likeness (QED) is 0.400. The van der Waals surface area contributed by atoms with Crippen molar-refractivity contribution in [3.63, 3.8) is 0 Å². The van der Waals surface area contributed by atoms with Crippen LogP contribution in [-0.4, -0.2) is 19.0 Å². The maximum Gasteiger partial charge on any atom is 0.157 e. The first kappa shape index (κ1) is 20.1. The molecule has 0 amide bonds. The average molecular weight is 398 g/mol. The van der Waals surface area contributed by atoms with E-state index in [9.17, 15) is 5.26 Å². The van der Waals surface area contributed by atoms with Crippen LogP contribution in [0.25, 0.3) is 0 Å². The fourth-order valence-electron chi connectivity index (χ4n) is 8.54. The van der Waals surface area contributed by atoms with Crippen LogP contribution < -0.4 is 0 Å². The molecule has 5 fully saturated rings. The zero-order valence-corrected chi connectivity index (χ0v) is 18.5. The van der Waals surface area contributed by atoms with Crippen molar-refractivity contribution < 1.29 is 9.47 Å². The zero-order chi connectivity index (χ0) is 20.1. The van der Waals surface area contributed by atoms with Crippen molar-refractivity contribution in [3.8, 4) is 6.07 Å². The first-order valence-corrected chi connectivity index (χ1v) is 12.4. The fourth-order valence-corrected chi connectivity index (χ4v) is 8.54. The normalized spacial score (nSPS) is 51.0. The lowest BCUT2D eigenvalue weighted by Crippen LogP contribution is -2.53. The third kappa shape index (κ3) is 3.30. The highest BCUT2D eigenvalue weighted by Crippen LogP contribution is 2.67. The van der Waals surface area contributed by atoms with Crippen LogP contribution in [-0.2, 0) is 9.47 Å². The summed E-state index contributed by atoms with van der Waals surface area (Å²) < 4.78 is 12.3. The molecule has 0 radical (unpaired) electrons. The van der Waals surface area contributed by atoms with E-state index in [4.69, 9.17) is 9.47 Å². The number of allylic oxidation sites excluding steroid dienone is 2. The standard InChI is InChI=1S/C26H39NO2/c1-25-14-11-23-21(22(25)9-7-18(25)12-15-27)8-6-19-17-20(10-13-26(19,23)2)29-24-5-3-4-16-28-24/h12,19-24H,3-11,13-14,16-17H2,1-2H3/b18-12-. The third-order valence-corrected chi connectivity index (χ3v) is 10.2. The van der Waals surface area contributed by atoms with Crippen LogP contribution in [0.4, 0.5) is 0 Å². The summed E-state index contributed by atoms with van der Waals surface area (Å²) in [4.78, 5) is 0. The first-order valence-electron chi connectivity index (χ1n) is 12.4. The van der Waals surface area contributed by atoms with Crippen molar-refractivity contribution in [2.45, 2.75) is 103 Å². The van der Waals surface area contributed by atoms with Crippen molar-refractivity contribution in [1.82, 2.24) is 0 Å². The second kappa shape index (κ2) is 7.69. The summed E-state index contributed by atoms with van der Waals surface area (Å²) in [6.45, 7) is 5.99. The monoisotopic (exact) mass is 397 g/mol. The smallest absolute Gasteiger partial charge is 0.157 e. The van der Waals surface area contributed by atoms with Gasteiger partial charge in [0.25, 0.3) is 0 Å². The molecule has 3 heteroatoms. The number of nitriles is 1. The van der Waals surface area contributed by atoms with Gasteiger partial charge in [0.05, 0.1) is 12.2 Å². The summed E-state index contributed by atoms with van der Waals surface area (Å²) in [6, 6.07) is 2.34. The Hall–Kier alpha value is -0.850. The molecule has 0 bridgehead atoms. The molecule has 1 saturated heterocycles. The minimum atomic E-state index is 0.0636. The molecule has 5 aliphatic rings. The second-order valence-corrected chi connectivity index (χ2v) is 11.3. The van der Waals surface area contributed by atoms with E-state index in [-0.39, 0.29) is 6.29 Å². The highest BCUT2D eigenvalue weighted by Gasteiger charge is 2.59. The van der Waals surface area contributed by atoms with Gasteiger partial charge >= 0.3 is 0 Å². The minimum Gasteiger partial charge on any atom is -0.353 e. The number of fused-ring (bicyclic) bond motifs is 5. The molecule has 5 rings (SSSR count). The van der Waals surface area contributed by atoms with E-state index < -0.39 is 0 Å². The summed E-state index contributed by atoms with van der Waals surface area (Å²) in [5.74, 6) is 3.39. The SMILES string of the molecule is CC12CCC3C(CCC4CC(OC5CCCCO5)CCC43C)C1CC/C2=C/C#N. The summed E-state index contributed by atoms with van der Waals surface area (Å²) in [6.07, 6.45) is 17.6. The third-order valence-electron chi connectivity index (χ3n) is 10.2. The largest absolute Gasteiger partial charge is 0.353 e. The number of rotatable bonds is 2. The molecule has 3 nitrogen and oxygen atoms in total. The Bertz CT molecular complexity index is 689. The van der Waals surface area contributed by atoms with Gasteiger partial charge in [-0.15, -0.1) is 0 Å². The van der Waals surface area contributed by atoms with Crippen molar-refractivity contribution in [2.75, 3.05) is 6.61 Å². The highest BCUT2D eigenvalue weighted by atomic mass is 16.7. The molecule has 0 N–H and O–H groups in total. The van der Waals surface area contributed by atoms with Crippen molar-refractivity contribution in [3.05, 3.63) is 11.6 Å². The number of hydrogen-bond acceptors (Lipinski definition) is 3. The maximum atomic E-state index is 9.25. The Morgan fingerprint density at radius 2 is 1.93 bits per heavy atom. The van der Waals surface area contributed by atoms with Gasteiger partial charge in [-0.25, -0.2) is 0 Å². The Morgan fingerprint density at radius 1 is 1.03 bits per heavy atom. The van der Waals surface area contributed by atoms with Gasteiger partial charge in [-0.1, -0.05) is 19.4 Å². The molecule has 29 heavy (non-hydrogen) atoms. The van der Waals surface area contributed by atoms with E-state index >= 15 is 0 Å². The summed E-state index contributed by atoms with van der Waals surface area (Å²) in [7, 11) is 0. The predicted molar refractivity (Wildman–Crippen MR) is 114 cm³/mol. The summed E-state index contributed by atoms with van der Waals surface area (Å²) >= 11 is 0. The molecule has 160 valence electrons. The lowest BCUT2D eigenvalue weighted by Gasteiger charge is -2.60. The zero-order valence-electron chi connectivity index (χ0n) is 18.5. The summed E-state index contributed by atoms with van der Waals surface area (Å²) in [5.41, 5.74) is 2.26. The fraction of sp³-hybridized carbons (Fsp3) is 0.885. The Morgan fingerprint density at radius 3 is 2.72 bits per heavy atom. The minimum absolute atomic E-state index is 0.0636. The number of nitrogens with zero attached hydrogens (tertiary/aromatic N) is 1. The van der Waals surface area contributed by atoms with Crippen molar-refractivity contribution in [1.29, 1.82) is 5.26 Å². The van der Waals surface area contributed by atoms with E-state index in [1.54, 1.807) is 0 Å². The van der Waals surface area contributed by atoms with E-state index in [0.29, 0.717) is 16.9 Å². The van der Waals surface area contributed by atoms with Gasteiger partial charge in [-0.05, 0) is 112 Å². The molecule has 8 unspecified atom stereocenters. The molecule has 8 atom stereocenters. The average Bonchev–Trinajstić information content (AvgIpc) is 3.06. The van der Waals surface area contributed by atoms with Crippen LogP contribution in [0.1, 0.15) is 90.9 Å². The highest BCUT2D eigenvalue weighted by molar-refractivity contribution is 5.28. The first-order chi connectivity index (χ1) is 14.0. The maximum absolute atomic E-state index is 9.25. The summed E-state index contributed by atoms with van der Waals surface area (Å²) in [5, 5.41) is 9.25. The van der Waals surface area contributed by atoms with Crippen LogP contribution in [0.3, 0.4) is 0 Å². The Kier molecular flexibility index (Phi) is 5.32. The number of ether oxygens (including phenoxy) is 2. The molecule has 0 aromatic rings. The van der Waals surface area contributed by atoms with Crippen LogP contribution >= 0.6 is 0 Å². The predicted octanol–water partition coefficient (Wildman–Crippen LogP) is 6.39. The van der Waals surface area contributed by atoms with Gasteiger partial charge in [0.15, 0.2) is 6.29 Å². The van der Waals surface area contributed by atoms with E-state index in [0.717, 1.165) is 43.1 Å². The lowest BCUT2D eigenvalue weighted by molar-refractivity contribution is -0.211. The van der Waals surface area contributed by atoms with Gasteiger partial charge in [-0.2, -0.15) is 5.26 Å². The van der Waals surface area contributed by atoms with E-state index in [1.165, 1.54) is 69.8 Å². The lowest BCUT2D eigenvalue weighted by atomic mass is 9.45. The van der Waals surface area contributed by atoms with Crippen molar-refractivity contribution >= 4 is 0 Å². The van der Waals surface area contributed by atoms with Crippen LogP contribution in [0.15, 0.2) is 11.6 Å². The number of hydrogen-bond donors (Lipinski definition) is 0. The second-order valence-electron chi connectivity index (χ2n) is 11.3. The van der Waals surface area contributed by atoms with Gasteiger partial charge in [0.1, 0.15) is 0 Å². The molecular weight excluding hydrogens is 358 g/mol. The molecule has 0 aromatic carbocycles. The van der Waals surface area contributed by atoms with Gasteiger partial charge in [0.2, 0.25) is 0 Å². The van der Waals surface area contributed by atoms with Crippen molar-refractivity contribution in [2.24, 2.45) is 34.5 Å². The Balaban J connectivity index is 1.29. The van der Waals surface area contributed by atoms with E-state index in [1.807, 2.05) is 6.08 Å². The Labute approximate surface area is 177 Å².